The first-order valence-electron chi connectivity index (χ1n) is 9.15. The second-order valence-corrected chi connectivity index (χ2v) is 7.01. The molecule has 4 rings (SSSR count). The highest BCUT2D eigenvalue weighted by molar-refractivity contribution is 6.30. The normalized spacial score (nSPS) is 10.8. The number of aromatic amines is 1. The Morgan fingerprint density at radius 3 is 2.16 bits per heavy atom. The number of carbonyl (C=O) groups is 1. The third kappa shape index (κ3) is 3.62. The molecule has 2 aromatic heterocycles. The highest BCUT2D eigenvalue weighted by atomic mass is 35.5. The fraction of sp³-hybridized carbons (Fsp3) is 0.136. The maximum Gasteiger partial charge on any atom is 0.336 e. The number of nitrogens with zero attached hydrogens (tertiary/aromatic N) is 2. The van der Waals surface area contributed by atoms with Gasteiger partial charge in [0.15, 0.2) is 17.1 Å². The van der Waals surface area contributed by atoms with E-state index in [0.29, 0.717) is 44.6 Å². The summed E-state index contributed by atoms with van der Waals surface area (Å²) in [6, 6.07) is 11.9. The SMILES string of the molecule is COc1cc(-c2cc(C(=O)O)c3c(-c4ccc(Cl)cc4)[nH]nc3n2)cc(OC)c1OC. The lowest BCUT2D eigenvalue weighted by Crippen LogP contribution is -2.01. The summed E-state index contributed by atoms with van der Waals surface area (Å²) in [5.74, 6) is 0.190. The maximum atomic E-state index is 12.1. The topological polar surface area (TPSA) is 107 Å². The zero-order valence-electron chi connectivity index (χ0n) is 16.9. The van der Waals surface area contributed by atoms with Crippen molar-refractivity contribution in [1.29, 1.82) is 0 Å². The smallest absolute Gasteiger partial charge is 0.336 e. The van der Waals surface area contributed by atoms with Crippen molar-refractivity contribution in [2.45, 2.75) is 0 Å². The average molecular weight is 440 g/mol. The minimum absolute atomic E-state index is 0.0625. The molecule has 0 saturated heterocycles. The van der Waals surface area contributed by atoms with E-state index in [1.165, 1.54) is 27.4 Å². The molecule has 2 aromatic carbocycles. The summed E-state index contributed by atoms with van der Waals surface area (Å²) in [5, 5.41) is 18.0. The highest BCUT2D eigenvalue weighted by Crippen LogP contribution is 2.41. The molecular weight excluding hydrogens is 422 g/mol. The van der Waals surface area contributed by atoms with Crippen molar-refractivity contribution < 1.29 is 24.1 Å². The quantitative estimate of drug-likeness (QED) is 0.449. The van der Waals surface area contributed by atoms with Crippen LogP contribution in [-0.2, 0) is 0 Å². The predicted octanol–water partition coefficient (Wildman–Crippen LogP) is 4.67. The molecule has 0 spiro atoms. The van der Waals surface area contributed by atoms with Gasteiger partial charge in [0.2, 0.25) is 5.75 Å². The lowest BCUT2D eigenvalue weighted by atomic mass is 10.0. The fourth-order valence-electron chi connectivity index (χ4n) is 3.39. The number of carboxylic acid groups (broad SMARTS) is 1. The molecule has 158 valence electrons. The van der Waals surface area contributed by atoms with E-state index in [2.05, 4.69) is 15.2 Å². The standard InChI is InChI=1S/C22H18ClN3O5/c1-29-16-8-12(9-17(30-2)20(16)31-3)15-10-14(22(27)28)18-19(25-26-21(18)24-15)11-4-6-13(23)7-5-11/h4-10H,1-3H3,(H,27,28)(H,24,25,26). The number of fused-ring (bicyclic) bond motifs is 1. The van der Waals surface area contributed by atoms with Crippen LogP contribution in [-0.4, -0.2) is 47.6 Å². The average Bonchev–Trinajstić information content (AvgIpc) is 3.21. The molecule has 0 aliphatic rings. The predicted molar refractivity (Wildman–Crippen MR) is 116 cm³/mol. The van der Waals surface area contributed by atoms with Gasteiger partial charge in [-0.2, -0.15) is 5.10 Å². The monoisotopic (exact) mass is 439 g/mol. The number of ether oxygens (including phenoxy) is 3. The molecule has 0 atom stereocenters. The van der Waals surface area contributed by atoms with Crippen LogP contribution < -0.4 is 14.2 Å². The maximum absolute atomic E-state index is 12.1. The first-order valence-corrected chi connectivity index (χ1v) is 9.53. The van der Waals surface area contributed by atoms with Gasteiger partial charge in [0.1, 0.15) is 0 Å². The first kappa shape index (κ1) is 20.5. The van der Waals surface area contributed by atoms with Gasteiger partial charge in [-0.25, -0.2) is 9.78 Å². The molecule has 0 unspecified atom stereocenters. The molecule has 2 heterocycles. The lowest BCUT2D eigenvalue weighted by Gasteiger charge is -2.14. The summed E-state index contributed by atoms with van der Waals surface area (Å²) < 4.78 is 16.1. The molecule has 0 saturated carbocycles. The zero-order valence-corrected chi connectivity index (χ0v) is 17.6. The van der Waals surface area contributed by atoms with Gasteiger partial charge < -0.3 is 19.3 Å². The van der Waals surface area contributed by atoms with Crippen LogP contribution in [0.4, 0.5) is 0 Å². The molecule has 9 heteroatoms. The van der Waals surface area contributed by atoms with Crippen LogP contribution in [0.3, 0.4) is 0 Å². The summed E-state index contributed by atoms with van der Waals surface area (Å²) >= 11 is 5.97. The van der Waals surface area contributed by atoms with Gasteiger partial charge in [0.05, 0.1) is 43.7 Å². The number of pyridine rings is 1. The third-order valence-corrected chi connectivity index (χ3v) is 5.10. The molecule has 0 amide bonds. The van der Waals surface area contributed by atoms with Crippen LogP contribution in [0.15, 0.2) is 42.5 Å². The van der Waals surface area contributed by atoms with E-state index in [-0.39, 0.29) is 11.2 Å². The number of rotatable bonds is 6. The fourth-order valence-corrected chi connectivity index (χ4v) is 3.52. The lowest BCUT2D eigenvalue weighted by molar-refractivity contribution is 0.0699. The molecule has 0 aliphatic carbocycles. The van der Waals surface area contributed by atoms with E-state index in [0.717, 1.165) is 5.56 Å². The Morgan fingerprint density at radius 2 is 1.61 bits per heavy atom. The second kappa shape index (κ2) is 8.16. The van der Waals surface area contributed by atoms with Crippen molar-refractivity contribution in [2.75, 3.05) is 21.3 Å². The molecule has 0 radical (unpaired) electrons. The highest BCUT2D eigenvalue weighted by Gasteiger charge is 2.21. The van der Waals surface area contributed by atoms with E-state index in [4.69, 9.17) is 25.8 Å². The third-order valence-electron chi connectivity index (χ3n) is 4.85. The van der Waals surface area contributed by atoms with E-state index in [1.54, 1.807) is 36.4 Å². The number of methoxy groups -OCH3 is 3. The van der Waals surface area contributed by atoms with Crippen molar-refractivity contribution in [3.05, 3.63) is 53.1 Å². The Morgan fingerprint density at radius 1 is 0.968 bits per heavy atom. The minimum Gasteiger partial charge on any atom is -0.493 e. The largest absolute Gasteiger partial charge is 0.493 e. The molecule has 0 bridgehead atoms. The number of hydrogen-bond acceptors (Lipinski definition) is 6. The van der Waals surface area contributed by atoms with Gasteiger partial charge in [-0.1, -0.05) is 23.7 Å². The summed E-state index contributed by atoms with van der Waals surface area (Å²) in [6.07, 6.45) is 0. The summed E-state index contributed by atoms with van der Waals surface area (Å²) in [7, 11) is 4.52. The Labute approximate surface area is 182 Å². The molecule has 31 heavy (non-hydrogen) atoms. The number of hydrogen-bond donors (Lipinski definition) is 2. The van der Waals surface area contributed by atoms with Crippen LogP contribution in [0.2, 0.25) is 5.02 Å². The minimum atomic E-state index is -1.10. The molecule has 0 fully saturated rings. The summed E-state index contributed by atoms with van der Waals surface area (Å²) in [4.78, 5) is 16.7. The zero-order chi connectivity index (χ0) is 22.1. The number of carboxylic acids is 1. The number of aromatic nitrogens is 3. The van der Waals surface area contributed by atoms with Crippen LogP contribution >= 0.6 is 11.6 Å². The van der Waals surface area contributed by atoms with Crippen LogP contribution in [0.5, 0.6) is 17.2 Å². The van der Waals surface area contributed by atoms with Crippen molar-refractivity contribution in [3.8, 4) is 39.8 Å². The van der Waals surface area contributed by atoms with E-state index in [1.807, 2.05) is 0 Å². The van der Waals surface area contributed by atoms with Crippen molar-refractivity contribution in [1.82, 2.24) is 15.2 Å². The molecule has 0 aliphatic heterocycles. The van der Waals surface area contributed by atoms with Crippen LogP contribution in [0, 0.1) is 0 Å². The van der Waals surface area contributed by atoms with Crippen molar-refractivity contribution in [3.63, 3.8) is 0 Å². The van der Waals surface area contributed by atoms with Crippen molar-refractivity contribution in [2.24, 2.45) is 0 Å². The number of aromatic carboxylic acids is 1. The van der Waals surface area contributed by atoms with Crippen LogP contribution in [0.25, 0.3) is 33.5 Å². The summed E-state index contributed by atoms with van der Waals surface area (Å²) in [5.41, 5.74) is 2.62. The number of H-pyrrole nitrogens is 1. The Balaban J connectivity index is 1.94. The van der Waals surface area contributed by atoms with Gasteiger partial charge in [0, 0.05) is 16.1 Å². The molecular formula is C22H18ClN3O5. The van der Waals surface area contributed by atoms with Gasteiger partial charge in [-0.15, -0.1) is 0 Å². The van der Waals surface area contributed by atoms with Crippen LogP contribution in [0.1, 0.15) is 10.4 Å². The molecule has 4 aromatic rings. The number of halogens is 1. The Hall–Kier alpha value is -3.78. The van der Waals surface area contributed by atoms with Gasteiger partial charge >= 0.3 is 5.97 Å². The second-order valence-electron chi connectivity index (χ2n) is 6.58. The number of benzene rings is 2. The van der Waals surface area contributed by atoms with E-state index >= 15 is 0 Å². The van der Waals surface area contributed by atoms with Gasteiger partial charge in [-0.05, 0) is 30.3 Å². The Kier molecular flexibility index (Phi) is 5.39. The van der Waals surface area contributed by atoms with Gasteiger partial charge in [0.25, 0.3) is 0 Å². The van der Waals surface area contributed by atoms with E-state index < -0.39 is 5.97 Å². The van der Waals surface area contributed by atoms with Gasteiger partial charge in [-0.3, -0.25) is 5.10 Å². The van der Waals surface area contributed by atoms with Crippen molar-refractivity contribution >= 4 is 28.6 Å². The molecule has 8 nitrogen and oxygen atoms in total. The number of nitrogens with one attached hydrogen (secondary N) is 1. The van der Waals surface area contributed by atoms with E-state index in [9.17, 15) is 9.90 Å². The summed E-state index contributed by atoms with van der Waals surface area (Å²) in [6.45, 7) is 0. The molecule has 2 N–H and O–H groups in total. The Bertz CT molecular complexity index is 1260. The first-order chi connectivity index (χ1) is 15.0.